The lowest BCUT2D eigenvalue weighted by Crippen LogP contribution is -2.36. The number of hydrogen-bond acceptors (Lipinski definition) is 7. The maximum absolute atomic E-state index is 12.5. The summed E-state index contributed by atoms with van der Waals surface area (Å²) in [5.41, 5.74) is 0.635. The number of fused-ring (bicyclic) bond motifs is 1. The third kappa shape index (κ3) is 4.92. The van der Waals surface area contributed by atoms with E-state index in [0.717, 1.165) is 5.39 Å². The third-order valence-electron chi connectivity index (χ3n) is 4.54. The summed E-state index contributed by atoms with van der Waals surface area (Å²) in [6.45, 7) is 3.70. The maximum Gasteiger partial charge on any atom is 0.328 e. The molecule has 0 fully saturated rings. The van der Waals surface area contributed by atoms with Crippen LogP contribution in [0.2, 0.25) is 0 Å². The van der Waals surface area contributed by atoms with Gasteiger partial charge in [-0.1, -0.05) is 44.2 Å². The highest BCUT2D eigenvalue weighted by atomic mass is 32.2. The molecular weight excluding hydrogens is 404 g/mol. The smallest absolute Gasteiger partial charge is 0.328 e. The molecular formula is C21H24N4O4S. The first kappa shape index (κ1) is 21.7. The number of nitrogens with one attached hydrogen (secondary N) is 2. The van der Waals surface area contributed by atoms with E-state index < -0.39 is 22.0 Å². The van der Waals surface area contributed by atoms with Gasteiger partial charge in [0.1, 0.15) is 17.7 Å². The Hall–Kier alpha value is -3.04. The number of esters is 1. The number of hydrogen-bond donors (Lipinski definition) is 2. The number of rotatable bonds is 8. The van der Waals surface area contributed by atoms with Gasteiger partial charge in [-0.25, -0.2) is 27.9 Å². The molecule has 3 rings (SSSR count). The molecule has 0 aliphatic carbocycles. The van der Waals surface area contributed by atoms with Gasteiger partial charge in [-0.3, -0.25) is 0 Å². The van der Waals surface area contributed by atoms with Crippen molar-refractivity contribution in [2.24, 2.45) is 5.92 Å². The fourth-order valence-corrected chi connectivity index (χ4v) is 3.93. The topological polar surface area (TPSA) is 110 Å². The number of sulfonamides is 1. The second-order valence-corrected chi connectivity index (χ2v) is 8.80. The van der Waals surface area contributed by atoms with E-state index in [9.17, 15) is 13.2 Å². The van der Waals surface area contributed by atoms with Crippen molar-refractivity contribution in [1.29, 1.82) is 0 Å². The van der Waals surface area contributed by atoms with Gasteiger partial charge >= 0.3 is 5.97 Å². The summed E-state index contributed by atoms with van der Waals surface area (Å²) in [4.78, 5) is 21.3. The summed E-state index contributed by atoms with van der Waals surface area (Å²) in [5.74, 6) is 0.270. The quantitative estimate of drug-likeness (QED) is 0.531. The van der Waals surface area contributed by atoms with E-state index in [-0.39, 0.29) is 23.2 Å². The molecule has 1 atom stereocenters. The predicted octanol–water partition coefficient (Wildman–Crippen LogP) is 2.72. The minimum atomic E-state index is -3.70. The number of aromatic nitrogens is 2. The Labute approximate surface area is 175 Å². The van der Waals surface area contributed by atoms with Crippen LogP contribution in [0.25, 0.3) is 10.9 Å². The standard InChI is InChI=1S/C21H24N4O4S/c1-14(2)19(21(26)29-3)25-20-16-11-7-8-12-17(16)23-18(24-20)13-22-30(27,28)15-9-5-4-6-10-15/h4-12,14,19,22H,13H2,1-3H3,(H,23,24,25). The third-order valence-corrected chi connectivity index (χ3v) is 5.95. The van der Waals surface area contributed by atoms with Gasteiger partial charge in [0.25, 0.3) is 0 Å². The van der Waals surface area contributed by atoms with Crippen LogP contribution >= 0.6 is 0 Å². The molecule has 1 heterocycles. The summed E-state index contributed by atoms with van der Waals surface area (Å²) >= 11 is 0. The zero-order valence-electron chi connectivity index (χ0n) is 17.0. The van der Waals surface area contributed by atoms with E-state index in [1.807, 2.05) is 32.0 Å². The first-order valence-corrected chi connectivity index (χ1v) is 10.9. The van der Waals surface area contributed by atoms with Gasteiger partial charge < -0.3 is 10.1 Å². The highest BCUT2D eigenvalue weighted by molar-refractivity contribution is 7.89. The van der Waals surface area contributed by atoms with Crippen molar-refractivity contribution in [2.45, 2.75) is 31.3 Å². The van der Waals surface area contributed by atoms with Gasteiger partial charge in [0.2, 0.25) is 10.0 Å². The molecule has 0 amide bonds. The summed E-state index contributed by atoms with van der Waals surface area (Å²) < 4.78 is 32.4. The van der Waals surface area contributed by atoms with Gasteiger partial charge in [0.15, 0.2) is 0 Å². The number of methoxy groups -OCH3 is 1. The summed E-state index contributed by atoms with van der Waals surface area (Å²) in [6.07, 6.45) is 0. The second-order valence-electron chi connectivity index (χ2n) is 7.03. The summed E-state index contributed by atoms with van der Waals surface area (Å²) in [7, 11) is -2.37. The lowest BCUT2D eigenvalue weighted by atomic mass is 10.0. The van der Waals surface area contributed by atoms with Crippen LogP contribution in [0.3, 0.4) is 0 Å². The van der Waals surface area contributed by atoms with Crippen molar-refractivity contribution in [2.75, 3.05) is 12.4 Å². The number of benzene rings is 2. The first-order chi connectivity index (χ1) is 14.3. The van der Waals surface area contributed by atoms with Crippen LogP contribution in [0, 0.1) is 5.92 Å². The fraction of sp³-hybridized carbons (Fsp3) is 0.286. The molecule has 0 spiro atoms. The van der Waals surface area contributed by atoms with Crippen LogP contribution in [0.1, 0.15) is 19.7 Å². The number of nitrogens with zero attached hydrogens (tertiary/aromatic N) is 2. The number of para-hydroxylation sites is 1. The van der Waals surface area contributed by atoms with Crippen molar-refractivity contribution in [3.05, 3.63) is 60.4 Å². The summed E-state index contributed by atoms with van der Waals surface area (Å²) in [6, 6.07) is 14.8. The monoisotopic (exact) mass is 428 g/mol. The van der Waals surface area contributed by atoms with Crippen molar-refractivity contribution >= 4 is 32.7 Å². The maximum atomic E-state index is 12.5. The molecule has 8 nitrogen and oxygen atoms in total. The van der Waals surface area contributed by atoms with Gasteiger partial charge in [0, 0.05) is 5.39 Å². The minimum Gasteiger partial charge on any atom is -0.467 e. The lowest BCUT2D eigenvalue weighted by Gasteiger charge is -2.21. The van der Waals surface area contributed by atoms with Gasteiger partial charge in [-0.05, 0) is 30.2 Å². The van der Waals surface area contributed by atoms with Crippen molar-refractivity contribution in [3.63, 3.8) is 0 Å². The molecule has 1 aromatic heterocycles. The zero-order valence-corrected chi connectivity index (χ0v) is 17.8. The van der Waals surface area contributed by atoms with Gasteiger partial charge in [-0.15, -0.1) is 0 Å². The normalized spacial score (nSPS) is 12.7. The fourth-order valence-electron chi connectivity index (χ4n) is 2.93. The highest BCUT2D eigenvalue weighted by Crippen LogP contribution is 2.23. The average molecular weight is 429 g/mol. The first-order valence-electron chi connectivity index (χ1n) is 9.46. The molecule has 0 aliphatic rings. The van der Waals surface area contributed by atoms with Crippen molar-refractivity contribution < 1.29 is 17.9 Å². The number of carbonyl (C=O) groups is 1. The van der Waals surface area contributed by atoms with E-state index in [1.54, 1.807) is 24.3 Å². The highest BCUT2D eigenvalue weighted by Gasteiger charge is 2.24. The number of carbonyl (C=O) groups excluding carboxylic acids is 1. The van der Waals surface area contributed by atoms with E-state index in [2.05, 4.69) is 20.0 Å². The van der Waals surface area contributed by atoms with Crippen LogP contribution in [-0.4, -0.2) is 37.5 Å². The minimum absolute atomic E-state index is 0.0498. The van der Waals surface area contributed by atoms with Crippen LogP contribution in [-0.2, 0) is 26.1 Å². The van der Waals surface area contributed by atoms with E-state index in [0.29, 0.717) is 11.3 Å². The Bertz CT molecular complexity index is 1130. The molecule has 0 bridgehead atoms. The Morgan fingerprint density at radius 3 is 2.37 bits per heavy atom. The SMILES string of the molecule is COC(=O)C(Nc1nc(CNS(=O)(=O)c2ccccc2)nc2ccccc12)C(C)C. The molecule has 158 valence electrons. The largest absolute Gasteiger partial charge is 0.467 e. The Morgan fingerprint density at radius 2 is 1.70 bits per heavy atom. The van der Waals surface area contributed by atoms with Crippen LogP contribution in [0.5, 0.6) is 0 Å². The van der Waals surface area contributed by atoms with E-state index in [1.165, 1.54) is 19.2 Å². The number of anilines is 1. The Kier molecular flexibility index (Phi) is 6.63. The predicted molar refractivity (Wildman–Crippen MR) is 114 cm³/mol. The molecule has 2 N–H and O–H groups in total. The molecule has 0 aliphatic heterocycles. The van der Waals surface area contributed by atoms with Crippen molar-refractivity contribution in [1.82, 2.24) is 14.7 Å². The van der Waals surface area contributed by atoms with E-state index >= 15 is 0 Å². The lowest BCUT2D eigenvalue weighted by molar-refractivity contribution is -0.142. The Balaban J connectivity index is 1.92. The van der Waals surface area contributed by atoms with Crippen LogP contribution < -0.4 is 10.0 Å². The second kappa shape index (κ2) is 9.19. The van der Waals surface area contributed by atoms with Crippen LogP contribution in [0.4, 0.5) is 5.82 Å². The molecule has 0 saturated heterocycles. The molecule has 9 heteroatoms. The molecule has 30 heavy (non-hydrogen) atoms. The molecule has 2 aromatic carbocycles. The van der Waals surface area contributed by atoms with Gasteiger partial charge in [-0.2, -0.15) is 0 Å². The average Bonchev–Trinajstić information content (AvgIpc) is 2.75. The van der Waals surface area contributed by atoms with E-state index in [4.69, 9.17) is 4.74 Å². The molecule has 0 radical (unpaired) electrons. The Morgan fingerprint density at radius 1 is 1.03 bits per heavy atom. The summed E-state index contributed by atoms with van der Waals surface area (Å²) in [5, 5.41) is 3.86. The molecule has 3 aromatic rings. The van der Waals surface area contributed by atoms with Gasteiger partial charge in [0.05, 0.1) is 24.1 Å². The molecule has 1 unspecified atom stereocenters. The number of ether oxygens (including phenoxy) is 1. The van der Waals surface area contributed by atoms with Crippen LogP contribution in [0.15, 0.2) is 59.5 Å². The molecule has 0 saturated carbocycles. The zero-order chi connectivity index (χ0) is 21.7. The van der Waals surface area contributed by atoms with Crippen molar-refractivity contribution in [3.8, 4) is 0 Å².